The van der Waals surface area contributed by atoms with Crippen molar-refractivity contribution in [3.8, 4) is 0 Å². The topological polar surface area (TPSA) is 85.5 Å². The van der Waals surface area contributed by atoms with Crippen molar-refractivity contribution >= 4 is 5.97 Å². The lowest BCUT2D eigenvalue weighted by molar-refractivity contribution is -0.142. The van der Waals surface area contributed by atoms with Gasteiger partial charge in [0.2, 0.25) is 11.8 Å². The van der Waals surface area contributed by atoms with E-state index in [9.17, 15) is 4.79 Å². The summed E-state index contributed by atoms with van der Waals surface area (Å²) in [5, 5.41) is 16.2. The van der Waals surface area contributed by atoms with Gasteiger partial charge in [-0.1, -0.05) is 24.3 Å². The molecule has 0 saturated carbocycles. The summed E-state index contributed by atoms with van der Waals surface area (Å²) >= 11 is 0. The highest BCUT2D eigenvalue weighted by molar-refractivity contribution is 5.67. The summed E-state index contributed by atoms with van der Waals surface area (Å²) in [7, 11) is 0. The SMILES string of the molecule is Cc1ccccc1CCc1nnc(COCC(=O)O)o1. The number of hydrogen-bond acceptors (Lipinski definition) is 5. The fourth-order valence-electron chi connectivity index (χ4n) is 1.81. The number of rotatable bonds is 7. The number of ether oxygens (including phenoxy) is 1. The van der Waals surface area contributed by atoms with E-state index >= 15 is 0 Å². The lowest BCUT2D eigenvalue weighted by atomic mass is 10.0. The van der Waals surface area contributed by atoms with Crippen LogP contribution < -0.4 is 0 Å². The molecule has 106 valence electrons. The third kappa shape index (κ3) is 4.17. The van der Waals surface area contributed by atoms with E-state index in [-0.39, 0.29) is 13.2 Å². The zero-order valence-corrected chi connectivity index (χ0v) is 11.2. The number of aliphatic carboxylic acids is 1. The van der Waals surface area contributed by atoms with Gasteiger partial charge in [-0.3, -0.25) is 0 Å². The fraction of sp³-hybridized carbons (Fsp3) is 0.357. The number of hydrogen-bond donors (Lipinski definition) is 1. The van der Waals surface area contributed by atoms with E-state index in [2.05, 4.69) is 29.3 Å². The molecule has 0 fully saturated rings. The Hall–Kier alpha value is -2.21. The van der Waals surface area contributed by atoms with Gasteiger partial charge < -0.3 is 14.3 Å². The van der Waals surface area contributed by atoms with Gasteiger partial charge in [-0.05, 0) is 24.5 Å². The molecule has 1 heterocycles. The van der Waals surface area contributed by atoms with Gasteiger partial charge in [0.1, 0.15) is 13.2 Å². The first-order valence-corrected chi connectivity index (χ1v) is 6.30. The molecule has 0 radical (unpaired) electrons. The van der Waals surface area contributed by atoms with E-state index in [4.69, 9.17) is 14.3 Å². The van der Waals surface area contributed by atoms with Gasteiger partial charge in [-0.15, -0.1) is 10.2 Å². The van der Waals surface area contributed by atoms with Crippen LogP contribution in [0.25, 0.3) is 0 Å². The molecule has 6 nitrogen and oxygen atoms in total. The van der Waals surface area contributed by atoms with Crippen LogP contribution in [0, 0.1) is 6.92 Å². The van der Waals surface area contributed by atoms with Crippen LogP contribution >= 0.6 is 0 Å². The second kappa shape index (κ2) is 6.81. The number of aryl methyl sites for hydroxylation is 3. The number of benzene rings is 1. The van der Waals surface area contributed by atoms with Crippen LogP contribution in [0.1, 0.15) is 22.9 Å². The smallest absolute Gasteiger partial charge is 0.329 e. The second-order valence-corrected chi connectivity index (χ2v) is 4.40. The minimum atomic E-state index is -1.02. The Labute approximate surface area is 116 Å². The maximum absolute atomic E-state index is 10.3. The maximum atomic E-state index is 10.3. The molecule has 0 atom stereocenters. The third-order valence-corrected chi connectivity index (χ3v) is 2.83. The van der Waals surface area contributed by atoms with Crippen LogP contribution in [0.15, 0.2) is 28.7 Å². The summed E-state index contributed by atoms with van der Waals surface area (Å²) in [5.41, 5.74) is 2.48. The second-order valence-electron chi connectivity index (χ2n) is 4.40. The molecule has 6 heteroatoms. The van der Waals surface area contributed by atoms with E-state index in [0.717, 1.165) is 6.42 Å². The van der Waals surface area contributed by atoms with Crippen LogP contribution in [-0.4, -0.2) is 27.9 Å². The first kappa shape index (κ1) is 14.2. The molecule has 0 aliphatic heterocycles. The van der Waals surface area contributed by atoms with Crippen LogP contribution in [-0.2, 0) is 29.0 Å². The van der Waals surface area contributed by atoms with Gasteiger partial charge in [0.15, 0.2) is 0 Å². The highest BCUT2D eigenvalue weighted by Gasteiger charge is 2.08. The molecule has 2 rings (SSSR count). The number of carboxylic acids is 1. The lowest BCUT2D eigenvalue weighted by Crippen LogP contribution is -2.06. The monoisotopic (exact) mass is 276 g/mol. The molecule has 0 unspecified atom stereocenters. The van der Waals surface area contributed by atoms with Gasteiger partial charge in [0.25, 0.3) is 0 Å². The molecule has 2 aromatic rings. The Bertz CT molecular complexity index is 580. The van der Waals surface area contributed by atoms with E-state index in [1.54, 1.807) is 0 Å². The molecule has 0 amide bonds. The van der Waals surface area contributed by atoms with Crippen molar-refractivity contribution < 1.29 is 19.1 Å². The molecular formula is C14H16N2O4. The standard InChI is InChI=1S/C14H16N2O4/c1-10-4-2-3-5-11(10)6-7-12-15-16-13(20-12)8-19-9-14(17)18/h2-5H,6-9H2,1H3,(H,17,18). The van der Waals surface area contributed by atoms with Crippen molar-refractivity contribution in [2.75, 3.05) is 6.61 Å². The molecule has 0 saturated heterocycles. The van der Waals surface area contributed by atoms with E-state index < -0.39 is 5.97 Å². The fourth-order valence-corrected chi connectivity index (χ4v) is 1.81. The normalized spacial score (nSPS) is 10.7. The van der Waals surface area contributed by atoms with Crippen molar-refractivity contribution in [1.82, 2.24) is 10.2 Å². The zero-order chi connectivity index (χ0) is 14.4. The highest BCUT2D eigenvalue weighted by atomic mass is 16.5. The number of carboxylic acid groups (broad SMARTS) is 1. The van der Waals surface area contributed by atoms with E-state index in [1.165, 1.54) is 11.1 Å². The maximum Gasteiger partial charge on any atom is 0.329 e. The molecule has 0 spiro atoms. The van der Waals surface area contributed by atoms with Crippen LogP contribution in [0.2, 0.25) is 0 Å². The van der Waals surface area contributed by atoms with E-state index in [1.807, 2.05) is 12.1 Å². The molecule has 20 heavy (non-hydrogen) atoms. The van der Waals surface area contributed by atoms with Gasteiger partial charge in [0, 0.05) is 6.42 Å². The molecule has 1 aromatic carbocycles. The van der Waals surface area contributed by atoms with Crippen molar-refractivity contribution in [3.63, 3.8) is 0 Å². The number of carbonyl (C=O) groups is 1. The van der Waals surface area contributed by atoms with Crippen molar-refractivity contribution in [1.29, 1.82) is 0 Å². The summed E-state index contributed by atoms with van der Waals surface area (Å²) in [6.45, 7) is 1.71. The molecule has 0 aliphatic carbocycles. The number of nitrogens with zero attached hydrogens (tertiary/aromatic N) is 2. The Morgan fingerprint density at radius 1 is 1.25 bits per heavy atom. The minimum Gasteiger partial charge on any atom is -0.480 e. The Kier molecular flexibility index (Phi) is 4.84. The summed E-state index contributed by atoms with van der Waals surface area (Å²) in [4.78, 5) is 10.3. The average Bonchev–Trinajstić information content (AvgIpc) is 2.85. The summed E-state index contributed by atoms with van der Waals surface area (Å²) in [6.07, 6.45) is 1.47. The highest BCUT2D eigenvalue weighted by Crippen LogP contribution is 2.11. The zero-order valence-electron chi connectivity index (χ0n) is 11.2. The van der Waals surface area contributed by atoms with Crippen molar-refractivity contribution in [2.24, 2.45) is 0 Å². The molecule has 0 bridgehead atoms. The van der Waals surface area contributed by atoms with Crippen LogP contribution in [0.4, 0.5) is 0 Å². The molecule has 1 N–H and O–H groups in total. The Morgan fingerprint density at radius 3 is 2.75 bits per heavy atom. The van der Waals surface area contributed by atoms with Crippen LogP contribution in [0.5, 0.6) is 0 Å². The Balaban J connectivity index is 1.84. The predicted octanol–water partition coefficient (Wildman–Crippen LogP) is 1.76. The molecule has 1 aromatic heterocycles. The van der Waals surface area contributed by atoms with Gasteiger partial charge >= 0.3 is 5.97 Å². The van der Waals surface area contributed by atoms with Gasteiger partial charge in [0.05, 0.1) is 0 Å². The predicted molar refractivity (Wildman–Crippen MR) is 70.2 cm³/mol. The quantitative estimate of drug-likeness (QED) is 0.829. The largest absolute Gasteiger partial charge is 0.480 e. The Morgan fingerprint density at radius 2 is 2.00 bits per heavy atom. The summed E-state index contributed by atoms with van der Waals surface area (Å²) in [6, 6.07) is 8.14. The van der Waals surface area contributed by atoms with E-state index in [0.29, 0.717) is 18.2 Å². The lowest BCUT2D eigenvalue weighted by Gasteiger charge is -2.02. The summed E-state index contributed by atoms with van der Waals surface area (Å²) in [5.74, 6) is -0.197. The van der Waals surface area contributed by atoms with Gasteiger partial charge in [-0.2, -0.15) is 0 Å². The van der Waals surface area contributed by atoms with Gasteiger partial charge in [-0.25, -0.2) is 4.79 Å². The van der Waals surface area contributed by atoms with Crippen molar-refractivity contribution in [2.45, 2.75) is 26.4 Å². The first-order chi connectivity index (χ1) is 9.65. The van der Waals surface area contributed by atoms with Crippen LogP contribution in [0.3, 0.4) is 0 Å². The average molecular weight is 276 g/mol. The first-order valence-electron chi connectivity index (χ1n) is 6.30. The van der Waals surface area contributed by atoms with Crippen molar-refractivity contribution in [3.05, 3.63) is 47.2 Å². The molecular weight excluding hydrogens is 260 g/mol. The number of aromatic nitrogens is 2. The summed E-state index contributed by atoms with van der Waals surface area (Å²) < 4.78 is 10.3. The third-order valence-electron chi connectivity index (χ3n) is 2.83. The minimum absolute atomic E-state index is 0.0175. The molecule has 0 aliphatic rings.